The van der Waals surface area contributed by atoms with Gasteiger partial charge in [-0.1, -0.05) is 28.9 Å². The number of halogens is 1. The first-order valence-electron chi connectivity index (χ1n) is 7.66. The Hall–Kier alpha value is -2.93. The molecule has 2 N–H and O–H groups in total. The number of hydrogen-bond acceptors (Lipinski definition) is 6. The van der Waals surface area contributed by atoms with Gasteiger partial charge in [0, 0.05) is 23.8 Å². The Morgan fingerprint density at radius 3 is 2.76 bits per heavy atom. The molecule has 0 aliphatic carbocycles. The normalized spacial score (nSPS) is 10.5. The third-order valence-corrected chi connectivity index (χ3v) is 3.62. The van der Waals surface area contributed by atoms with Crippen LogP contribution in [-0.4, -0.2) is 27.6 Å². The first kappa shape index (κ1) is 16.9. The van der Waals surface area contributed by atoms with E-state index in [1.165, 1.54) is 6.20 Å². The molecule has 0 radical (unpaired) electrons. The number of hydrogen-bond donors (Lipinski definition) is 2. The van der Waals surface area contributed by atoms with Crippen molar-refractivity contribution >= 4 is 29.3 Å². The standard InChI is InChI=1S/C17H16ClN5O2/c1-11-10-15(23-25-11)22-17-20-9-7-14(21-17)16(24)19-8-6-12-2-4-13(18)5-3-12/h2-5,7,9-10H,6,8H2,1H3,(H,19,24)(H,20,21,22,23). The lowest BCUT2D eigenvalue weighted by molar-refractivity contribution is 0.0949. The van der Waals surface area contributed by atoms with Crippen molar-refractivity contribution in [3.8, 4) is 0 Å². The van der Waals surface area contributed by atoms with E-state index in [-0.39, 0.29) is 17.5 Å². The number of carbonyl (C=O) groups excluding carboxylic acids is 1. The van der Waals surface area contributed by atoms with Gasteiger partial charge in [0.25, 0.3) is 5.91 Å². The third kappa shape index (κ3) is 4.77. The third-order valence-electron chi connectivity index (χ3n) is 3.37. The molecule has 0 aliphatic heterocycles. The average Bonchev–Trinajstić information content (AvgIpc) is 3.01. The summed E-state index contributed by atoms with van der Waals surface area (Å²) in [6.07, 6.45) is 2.22. The average molecular weight is 358 g/mol. The monoisotopic (exact) mass is 357 g/mol. The fourth-order valence-corrected chi connectivity index (χ4v) is 2.27. The summed E-state index contributed by atoms with van der Waals surface area (Å²) in [5.74, 6) is 1.16. The second kappa shape index (κ2) is 7.76. The van der Waals surface area contributed by atoms with Gasteiger partial charge in [0.2, 0.25) is 5.95 Å². The van der Waals surface area contributed by atoms with Crippen LogP contribution in [0.1, 0.15) is 21.8 Å². The van der Waals surface area contributed by atoms with Crippen LogP contribution in [0.4, 0.5) is 11.8 Å². The molecule has 25 heavy (non-hydrogen) atoms. The zero-order valence-corrected chi connectivity index (χ0v) is 14.2. The first-order chi connectivity index (χ1) is 12.1. The smallest absolute Gasteiger partial charge is 0.270 e. The number of nitrogens with one attached hydrogen (secondary N) is 2. The molecule has 2 aromatic heterocycles. The minimum atomic E-state index is -0.268. The molecule has 0 spiro atoms. The molecule has 1 amide bonds. The predicted octanol–water partition coefficient (Wildman–Crippen LogP) is 3.14. The Kier molecular flexibility index (Phi) is 5.25. The van der Waals surface area contributed by atoms with Crippen molar-refractivity contribution in [2.24, 2.45) is 0 Å². The van der Waals surface area contributed by atoms with Crippen molar-refractivity contribution in [1.82, 2.24) is 20.4 Å². The summed E-state index contributed by atoms with van der Waals surface area (Å²) in [6.45, 7) is 2.28. The van der Waals surface area contributed by atoms with Crippen LogP contribution in [0, 0.1) is 6.92 Å². The molecule has 1 aromatic carbocycles. The largest absolute Gasteiger partial charge is 0.360 e. The zero-order valence-electron chi connectivity index (χ0n) is 13.5. The zero-order chi connectivity index (χ0) is 17.6. The number of amides is 1. The highest BCUT2D eigenvalue weighted by molar-refractivity contribution is 6.30. The number of benzene rings is 1. The Morgan fingerprint density at radius 1 is 1.24 bits per heavy atom. The summed E-state index contributed by atoms with van der Waals surface area (Å²) < 4.78 is 4.96. The molecule has 0 saturated heterocycles. The molecule has 0 bridgehead atoms. The molecule has 7 nitrogen and oxygen atoms in total. The summed E-state index contributed by atoms with van der Waals surface area (Å²) in [4.78, 5) is 20.5. The number of anilines is 2. The number of aryl methyl sites for hydroxylation is 1. The molecule has 2 heterocycles. The van der Waals surface area contributed by atoms with E-state index in [1.807, 2.05) is 24.3 Å². The van der Waals surface area contributed by atoms with E-state index in [4.69, 9.17) is 16.1 Å². The van der Waals surface area contributed by atoms with Gasteiger partial charge in [-0.3, -0.25) is 4.79 Å². The van der Waals surface area contributed by atoms with Crippen LogP contribution in [-0.2, 0) is 6.42 Å². The number of carbonyl (C=O) groups is 1. The van der Waals surface area contributed by atoms with Crippen LogP contribution in [0.5, 0.6) is 0 Å². The lowest BCUT2D eigenvalue weighted by atomic mass is 10.1. The maximum Gasteiger partial charge on any atom is 0.270 e. The number of nitrogens with zero attached hydrogens (tertiary/aromatic N) is 3. The van der Waals surface area contributed by atoms with Crippen LogP contribution < -0.4 is 10.6 Å². The minimum absolute atomic E-state index is 0.268. The van der Waals surface area contributed by atoms with Crippen LogP contribution in [0.25, 0.3) is 0 Å². The molecule has 0 saturated carbocycles. The summed E-state index contributed by atoms with van der Waals surface area (Å²) in [7, 11) is 0. The van der Waals surface area contributed by atoms with Crippen LogP contribution in [0.2, 0.25) is 5.02 Å². The summed E-state index contributed by atoms with van der Waals surface area (Å²) in [6, 6.07) is 10.8. The van der Waals surface area contributed by atoms with E-state index in [2.05, 4.69) is 25.8 Å². The van der Waals surface area contributed by atoms with Crippen LogP contribution in [0.3, 0.4) is 0 Å². The van der Waals surface area contributed by atoms with Gasteiger partial charge in [0.05, 0.1) is 0 Å². The van der Waals surface area contributed by atoms with Crippen molar-refractivity contribution in [1.29, 1.82) is 0 Å². The molecule has 0 atom stereocenters. The highest BCUT2D eigenvalue weighted by Gasteiger charge is 2.09. The molecular weight excluding hydrogens is 342 g/mol. The van der Waals surface area contributed by atoms with Crippen molar-refractivity contribution in [3.05, 3.63) is 64.6 Å². The Morgan fingerprint density at radius 2 is 2.04 bits per heavy atom. The fourth-order valence-electron chi connectivity index (χ4n) is 2.15. The lowest BCUT2D eigenvalue weighted by Gasteiger charge is -2.06. The minimum Gasteiger partial charge on any atom is -0.360 e. The Labute approximate surface area is 149 Å². The fraction of sp³-hybridized carbons (Fsp3) is 0.176. The van der Waals surface area contributed by atoms with Gasteiger partial charge in [0.15, 0.2) is 5.82 Å². The van der Waals surface area contributed by atoms with E-state index in [0.717, 1.165) is 5.56 Å². The van der Waals surface area contributed by atoms with E-state index in [9.17, 15) is 4.79 Å². The van der Waals surface area contributed by atoms with E-state index < -0.39 is 0 Å². The summed E-state index contributed by atoms with van der Waals surface area (Å²) in [5, 5.41) is 10.2. The Balaban J connectivity index is 1.56. The maximum absolute atomic E-state index is 12.2. The number of rotatable bonds is 6. The quantitative estimate of drug-likeness (QED) is 0.704. The van der Waals surface area contributed by atoms with Gasteiger partial charge in [-0.15, -0.1) is 0 Å². The van der Waals surface area contributed by atoms with Gasteiger partial charge in [-0.25, -0.2) is 9.97 Å². The maximum atomic E-state index is 12.2. The topological polar surface area (TPSA) is 92.9 Å². The van der Waals surface area contributed by atoms with Crippen LogP contribution in [0.15, 0.2) is 47.1 Å². The first-order valence-corrected chi connectivity index (χ1v) is 8.04. The van der Waals surface area contributed by atoms with Gasteiger partial charge in [-0.05, 0) is 37.1 Å². The molecule has 0 fully saturated rings. The van der Waals surface area contributed by atoms with E-state index >= 15 is 0 Å². The number of aromatic nitrogens is 3. The molecule has 128 valence electrons. The second-order valence-electron chi connectivity index (χ2n) is 5.35. The summed E-state index contributed by atoms with van der Waals surface area (Å²) in [5.41, 5.74) is 1.37. The Bertz CT molecular complexity index is 863. The van der Waals surface area contributed by atoms with Crippen molar-refractivity contribution in [2.75, 3.05) is 11.9 Å². The molecule has 3 aromatic rings. The van der Waals surface area contributed by atoms with Crippen LogP contribution >= 0.6 is 11.6 Å². The lowest BCUT2D eigenvalue weighted by Crippen LogP contribution is -2.26. The molecule has 0 unspecified atom stereocenters. The second-order valence-corrected chi connectivity index (χ2v) is 5.78. The highest BCUT2D eigenvalue weighted by atomic mass is 35.5. The van der Waals surface area contributed by atoms with Gasteiger partial charge >= 0.3 is 0 Å². The van der Waals surface area contributed by atoms with Gasteiger partial charge in [0.1, 0.15) is 11.5 Å². The molecule has 8 heteroatoms. The molecule has 0 aliphatic rings. The van der Waals surface area contributed by atoms with Crippen molar-refractivity contribution in [2.45, 2.75) is 13.3 Å². The van der Waals surface area contributed by atoms with Gasteiger partial charge in [-0.2, -0.15) is 0 Å². The van der Waals surface area contributed by atoms with E-state index in [1.54, 1.807) is 19.1 Å². The van der Waals surface area contributed by atoms with Crippen molar-refractivity contribution in [3.63, 3.8) is 0 Å². The highest BCUT2D eigenvalue weighted by Crippen LogP contribution is 2.12. The predicted molar refractivity (Wildman–Crippen MR) is 94.0 cm³/mol. The molecular formula is C17H16ClN5O2. The SMILES string of the molecule is Cc1cc(Nc2nccc(C(=O)NCCc3ccc(Cl)cc3)n2)no1. The molecule has 3 rings (SSSR count). The van der Waals surface area contributed by atoms with Crippen molar-refractivity contribution < 1.29 is 9.32 Å². The summed E-state index contributed by atoms with van der Waals surface area (Å²) >= 11 is 5.85. The van der Waals surface area contributed by atoms with E-state index in [0.29, 0.717) is 29.6 Å². The van der Waals surface area contributed by atoms with Gasteiger partial charge < -0.3 is 15.2 Å².